The lowest BCUT2D eigenvalue weighted by Gasteiger charge is -2.43. The molecule has 5 heteroatoms. The van der Waals surface area contributed by atoms with Gasteiger partial charge in [-0.25, -0.2) is 0 Å². The van der Waals surface area contributed by atoms with Gasteiger partial charge in [0.1, 0.15) is 0 Å². The Hall–Kier alpha value is -1.10. The van der Waals surface area contributed by atoms with Crippen LogP contribution in [0, 0.1) is 11.8 Å². The van der Waals surface area contributed by atoms with Crippen LogP contribution in [0.25, 0.3) is 0 Å². The topological polar surface area (TPSA) is 43.9 Å². The minimum atomic E-state index is 0.210. The van der Waals surface area contributed by atoms with Gasteiger partial charge in [-0.1, -0.05) is 6.42 Å². The fourth-order valence-electron chi connectivity index (χ4n) is 5.10. The van der Waals surface area contributed by atoms with Gasteiger partial charge >= 0.3 is 0 Å². The maximum Gasteiger partial charge on any atom is 0.226 e. The van der Waals surface area contributed by atoms with Gasteiger partial charge in [-0.2, -0.15) is 0 Å². The fourth-order valence-corrected chi connectivity index (χ4v) is 5.10. The van der Waals surface area contributed by atoms with Gasteiger partial charge in [0, 0.05) is 44.7 Å². The third-order valence-corrected chi connectivity index (χ3v) is 6.97. The van der Waals surface area contributed by atoms with E-state index in [-0.39, 0.29) is 5.92 Å². The Morgan fingerprint density at radius 1 is 0.600 bits per heavy atom. The third-order valence-electron chi connectivity index (χ3n) is 6.97. The summed E-state index contributed by atoms with van der Waals surface area (Å²) in [5, 5.41) is 0. The first kappa shape index (κ1) is 17.3. The van der Waals surface area contributed by atoms with E-state index in [1.807, 2.05) is 0 Å². The molecule has 3 saturated heterocycles. The quantitative estimate of drug-likeness (QED) is 0.785. The van der Waals surface area contributed by atoms with Crippen molar-refractivity contribution in [2.24, 2.45) is 11.8 Å². The maximum absolute atomic E-state index is 12.7. The van der Waals surface area contributed by atoms with Gasteiger partial charge in [-0.05, 0) is 57.9 Å². The molecule has 4 rings (SSSR count). The number of carbonyl (C=O) groups is 2. The van der Waals surface area contributed by atoms with E-state index in [1.165, 1.54) is 19.3 Å². The van der Waals surface area contributed by atoms with Crippen LogP contribution in [0.3, 0.4) is 0 Å². The summed E-state index contributed by atoms with van der Waals surface area (Å²) in [6.07, 6.45) is 10.2. The molecule has 0 bridgehead atoms. The molecule has 1 atom stereocenters. The van der Waals surface area contributed by atoms with Gasteiger partial charge in [-0.3, -0.25) is 14.5 Å². The summed E-state index contributed by atoms with van der Waals surface area (Å²) in [6, 6.07) is 0.569. The summed E-state index contributed by atoms with van der Waals surface area (Å²) in [7, 11) is 0. The average molecular weight is 348 g/mol. The van der Waals surface area contributed by atoms with E-state index in [0.717, 1.165) is 77.8 Å². The van der Waals surface area contributed by atoms with Crippen LogP contribution in [0.1, 0.15) is 57.8 Å². The number of piperidine rings is 2. The number of hydrogen-bond donors (Lipinski definition) is 0. The lowest BCUT2D eigenvalue weighted by molar-refractivity contribution is -0.140. The first-order chi connectivity index (χ1) is 12.2. The van der Waals surface area contributed by atoms with E-state index in [1.54, 1.807) is 0 Å². The van der Waals surface area contributed by atoms with Crippen LogP contribution in [0.5, 0.6) is 0 Å². The zero-order chi connectivity index (χ0) is 17.2. The molecular formula is C20H33N3O2. The molecule has 3 heterocycles. The number of carbonyl (C=O) groups excluding carboxylic acids is 2. The lowest BCUT2D eigenvalue weighted by Crippen LogP contribution is -2.52. The third kappa shape index (κ3) is 3.71. The monoisotopic (exact) mass is 347 g/mol. The standard InChI is InChI=1S/C20H33N3O2/c24-19(16-5-3-6-16)22-13-8-18(9-14-22)23-12-4-7-17(15-23)20(25)21-10-1-2-11-21/h16-18H,1-15H2/t17-/m0/s1. The summed E-state index contributed by atoms with van der Waals surface area (Å²) in [5.74, 6) is 1.35. The number of nitrogens with zero attached hydrogens (tertiary/aromatic N) is 3. The van der Waals surface area contributed by atoms with E-state index in [0.29, 0.717) is 23.8 Å². The molecule has 3 aliphatic heterocycles. The van der Waals surface area contributed by atoms with E-state index in [9.17, 15) is 9.59 Å². The van der Waals surface area contributed by atoms with Crippen LogP contribution in [0.15, 0.2) is 0 Å². The average Bonchev–Trinajstić information content (AvgIpc) is 3.14. The Bertz CT molecular complexity index is 491. The van der Waals surface area contributed by atoms with E-state index in [4.69, 9.17) is 0 Å². The molecule has 1 saturated carbocycles. The zero-order valence-electron chi connectivity index (χ0n) is 15.5. The van der Waals surface area contributed by atoms with Crippen molar-refractivity contribution in [3.63, 3.8) is 0 Å². The first-order valence-corrected chi connectivity index (χ1v) is 10.5. The second-order valence-corrected chi connectivity index (χ2v) is 8.55. The summed E-state index contributed by atoms with van der Waals surface area (Å²) < 4.78 is 0. The molecular weight excluding hydrogens is 314 g/mol. The molecule has 0 spiro atoms. The minimum absolute atomic E-state index is 0.210. The Morgan fingerprint density at radius 3 is 1.84 bits per heavy atom. The normalized spacial score (nSPS) is 29.7. The van der Waals surface area contributed by atoms with Crippen LogP contribution in [0.4, 0.5) is 0 Å². The van der Waals surface area contributed by atoms with E-state index < -0.39 is 0 Å². The summed E-state index contributed by atoms with van der Waals surface area (Å²) in [6.45, 7) is 5.85. The second-order valence-electron chi connectivity index (χ2n) is 8.55. The van der Waals surface area contributed by atoms with Crippen molar-refractivity contribution in [3.8, 4) is 0 Å². The van der Waals surface area contributed by atoms with Gasteiger partial charge in [0.2, 0.25) is 11.8 Å². The molecule has 4 aliphatic rings. The van der Waals surface area contributed by atoms with Crippen molar-refractivity contribution in [2.45, 2.75) is 63.8 Å². The van der Waals surface area contributed by atoms with Crippen molar-refractivity contribution in [2.75, 3.05) is 39.3 Å². The lowest BCUT2D eigenvalue weighted by atomic mass is 9.83. The van der Waals surface area contributed by atoms with Crippen molar-refractivity contribution in [1.82, 2.24) is 14.7 Å². The highest BCUT2D eigenvalue weighted by molar-refractivity contribution is 5.80. The van der Waals surface area contributed by atoms with Crippen molar-refractivity contribution in [3.05, 3.63) is 0 Å². The largest absolute Gasteiger partial charge is 0.342 e. The SMILES string of the molecule is O=C(C1CCC1)N1CCC(N2CCC[C@H](C(=O)N3CCCC3)C2)CC1. The van der Waals surface area contributed by atoms with Gasteiger partial charge in [-0.15, -0.1) is 0 Å². The number of amides is 2. The summed E-state index contributed by atoms with van der Waals surface area (Å²) >= 11 is 0. The molecule has 25 heavy (non-hydrogen) atoms. The fraction of sp³-hybridized carbons (Fsp3) is 0.900. The van der Waals surface area contributed by atoms with E-state index in [2.05, 4.69) is 14.7 Å². The van der Waals surface area contributed by atoms with Crippen LogP contribution in [-0.2, 0) is 9.59 Å². The smallest absolute Gasteiger partial charge is 0.226 e. The van der Waals surface area contributed by atoms with Crippen molar-refractivity contribution < 1.29 is 9.59 Å². The molecule has 0 unspecified atom stereocenters. The van der Waals surface area contributed by atoms with Gasteiger partial charge in [0.15, 0.2) is 0 Å². The highest BCUT2D eigenvalue weighted by Gasteiger charge is 2.36. The first-order valence-electron chi connectivity index (χ1n) is 10.5. The minimum Gasteiger partial charge on any atom is -0.342 e. The highest BCUT2D eigenvalue weighted by Crippen LogP contribution is 2.31. The van der Waals surface area contributed by atoms with Gasteiger partial charge < -0.3 is 9.80 Å². The van der Waals surface area contributed by atoms with Crippen LogP contribution >= 0.6 is 0 Å². The van der Waals surface area contributed by atoms with Gasteiger partial charge in [0.25, 0.3) is 0 Å². The van der Waals surface area contributed by atoms with Crippen LogP contribution in [0.2, 0.25) is 0 Å². The summed E-state index contributed by atoms with van der Waals surface area (Å²) in [4.78, 5) is 31.9. The Kier molecular flexibility index (Phi) is 5.30. The molecule has 2 amide bonds. The molecule has 0 radical (unpaired) electrons. The molecule has 4 fully saturated rings. The van der Waals surface area contributed by atoms with Crippen LogP contribution < -0.4 is 0 Å². The molecule has 5 nitrogen and oxygen atoms in total. The maximum atomic E-state index is 12.7. The van der Waals surface area contributed by atoms with E-state index >= 15 is 0 Å². The highest BCUT2D eigenvalue weighted by atomic mass is 16.2. The molecule has 1 aliphatic carbocycles. The molecule has 0 aromatic carbocycles. The number of rotatable bonds is 3. The predicted molar refractivity (Wildman–Crippen MR) is 97.1 cm³/mol. The van der Waals surface area contributed by atoms with Crippen LogP contribution in [-0.4, -0.2) is 71.8 Å². The molecule has 0 N–H and O–H groups in total. The molecule has 0 aromatic heterocycles. The predicted octanol–water partition coefficient (Wildman–Crippen LogP) is 2.11. The molecule has 140 valence electrons. The van der Waals surface area contributed by atoms with Crippen molar-refractivity contribution in [1.29, 1.82) is 0 Å². The Morgan fingerprint density at radius 2 is 1.20 bits per heavy atom. The Balaban J connectivity index is 1.27. The number of likely N-dealkylation sites (tertiary alicyclic amines) is 3. The number of hydrogen-bond acceptors (Lipinski definition) is 3. The second kappa shape index (κ2) is 7.65. The summed E-state index contributed by atoms with van der Waals surface area (Å²) in [5.41, 5.74) is 0. The van der Waals surface area contributed by atoms with Crippen molar-refractivity contribution >= 4 is 11.8 Å². The molecule has 0 aromatic rings. The Labute approximate surface area is 151 Å². The van der Waals surface area contributed by atoms with Gasteiger partial charge in [0.05, 0.1) is 5.92 Å². The zero-order valence-corrected chi connectivity index (χ0v) is 15.5.